The van der Waals surface area contributed by atoms with E-state index in [1.807, 2.05) is 0 Å². The second-order valence-corrected chi connectivity index (χ2v) is 4.19. The fraction of sp³-hybridized carbons (Fsp3) is 0.385. The number of carbonyl (C=O) groups is 2. The minimum atomic E-state index is -0.975. The summed E-state index contributed by atoms with van der Waals surface area (Å²) in [6.07, 6.45) is 0. The first-order valence-corrected chi connectivity index (χ1v) is 5.99. The number of hydrogen-bond donors (Lipinski definition) is 2. The molecule has 1 rings (SSSR count). The Balaban J connectivity index is 2.69. The average molecular weight is 268 g/mol. The number of rotatable bonds is 5. The predicted octanol–water partition coefficient (Wildman–Crippen LogP) is 2.40. The molecule has 0 aromatic heterocycles. The van der Waals surface area contributed by atoms with Crippen molar-refractivity contribution in [2.75, 3.05) is 18.4 Å². The first-order chi connectivity index (χ1) is 8.95. The summed E-state index contributed by atoms with van der Waals surface area (Å²) in [5, 5.41) is 11.2. The zero-order valence-corrected chi connectivity index (χ0v) is 10.9. The maximum absolute atomic E-state index is 13.4. The number of carboxylic acids is 1. The maximum atomic E-state index is 13.4. The van der Waals surface area contributed by atoms with Crippen molar-refractivity contribution in [1.29, 1.82) is 0 Å². The number of carboxylic acid groups (broad SMARTS) is 1. The number of benzene rings is 1. The summed E-state index contributed by atoms with van der Waals surface area (Å²) < 4.78 is 13.4. The van der Waals surface area contributed by atoms with Crippen molar-refractivity contribution in [2.24, 2.45) is 5.92 Å². The number of carbonyl (C=O) groups excluding carboxylic acids is 1. The van der Waals surface area contributed by atoms with E-state index in [-0.39, 0.29) is 12.2 Å². The molecule has 5 nitrogen and oxygen atoms in total. The van der Waals surface area contributed by atoms with Gasteiger partial charge < -0.3 is 15.3 Å². The highest BCUT2D eigenvalue weighted by molar-refractivity contribution is 5.89. The van der Waals surface area contributed by atoms with Crippen LogP contribution < -0.4 is 5.32 Å². The molecular formula is C13H17FN2O3. The van der Waals surface area contributed by atoms with E-state index < -0.39 is 23.7 Å². The summed E-state index contributed by atoms with van der Waals surface area (Å²) >= 11 is 0. The Morgan fingerprint density at radius 1 is 1.42 bits per heavy atom. The number of aliphatic carboxylic acids is 1. The van der Waals surface area contributed by atoms with Gasteiger partial charge in [-0.1, -0.05) is 19.1 Å². The molecule has 0 fully saturated rings. The summed E-state index contributed by atoms with van der Waals surface area (Å²) in [5.74, 6) is -2.18. The van der Waals surface area contributed by atoms with Crippen LogP contribution in [0.25, 0.3) is 0 Å². The van der Waals surface area contributed by atoms with Crippen LogP contribution in [0.2, 0.25) is 0 Å². The lowest BCUT2D eigenvalue weighted by Crippen LogP contribution is -2.39. The molecule has 1 aromatic carbocycles. The van der Waals surface area contributed by atoms with Crippen LogP contribution in [-0.4, -0.2) is 35.1 Å². The molecule has 1 atom stereocenters. The topological polar surface area (TPSA) is 69.6 Å². The Morgan fingerprint density at radius 3 is 2.58 bits per heavy atom. The molecule has 104 valence electrons. The van der Waals surface area contributed by atoms with Crippen LogP contribution in [0, 0.1) is 11.7 Å². The quantitative estimate of drug-likeness (QED) is 0.861. The van der Waals surface area contributed by atoms with Crippen molar-refractivity contribution in [3.63, 3.8) is 0 Å². The number of nitrogens with zero attached hydrogens (tertiary/aromatic N) is 1. The van der Waals surface area contributed by atoms with Crippen molar-refractivity contribution >= 4 is 17.7 Å². The lowest BCUT2D eigenvalue weighted by atomic mass is 10.2. The van der Waals surface area contributed by atoms with Crippen LogP contribution in [-0.2, 0) is 4.79 Å². The number of hydrogen-bond acceptors (Lipinski definition) is 2. The van der Waals surface area contributed by atoms with Gasteiger partial charge in [0, 0.05) is 13.1 Å². The molecule has 6 heteroatoms. The largest absolute Gasteiger partial charge is 0.481 e. The third-order valence-corrected chi connectivity index (χ3v) is 2.70. The number of nitrogens with one attached hydrogen (secondary N) is 1. The summed E-state index contributed by atoms with van der Waals surface area (Å²) in [4.78, 5) is 24.0. The molecule has 0 aliphatic rings. The number of halogens is 1. The Bertz CT molecular complexity index is 465. The SMILES string of the molecule is CCN(CC(C)C(=O)O)C(=O)Nc1ccccc1F. The first kappa shape index (κ1) is 14.9. The van der Waals surface area contributed by atoms with E-state index in [9.17, 15) is 14.0 Å². The van der Waals surface area contributed by atoms with E-state index >= 15 is 0 Å². The van der Waals surface area contributed by atoms with Gasteiger partial charge in [0.1, 0.15) is 5.82 Å². The number of para-hydroxylation sites is 1. The summed E-state index contributed by atoms with van der Waals surface area (Å²) in [7, 11) is 0. The van der Waals surface area contributed by atoms with Gasteiger partial charge in [0.15, 0.2) is 0 Å². The normalized spacial score (nSPS) is 11.7. The number of urea groups is 1. The fourth-order valence-corrected chi connectivity index (χ4v) is 1.52. The Labute approximate surface area is 111 Å². The molecule has 0 heterocycles. The maximum Gasteiger partial charge on any atom is 0.321 e. The van der Waals surface area contributed by atoms with Gasteiger partial charge in [0.2, 0.25) is 0 Å². The van der Waals surface area contributed by atoms with Gasteiger partial charge in [-0.2, -0.15) is 0 Å². The van der Waals surface area contributed by atoms with E-state index in [0.29, 0.717) is 6.54 Å². The molecular weight excluding hydrogens is 251 g/mol. The van der Waals surface area contributed by atoms with Gasteiger partial charge in [0.25, 0.3) is 0 Å². The number of anilines is 1. The Kier molecular flexibility index (Phi) is 5.29. The Morgan fingerprint density at radius 2 is 2.05 bits per heavy atom. The van der Waals surface area contributed by atoms with Crippen LogP contribution in [0.5, 0.6) is 0 Å². The minimum Gasteiger partial charge on any atom is -0.481 e. The molecule has 0 aliphatic heterocycles. The van der Waals surface area contributed by atoms with Crippen molar-refractivity contribution in [1.82, 2.24) is 4.90 Å². The Hall–Kier alpha value is -2.11. The van der Waals surface area contributed by atoms with Gasteiger partial charge in [-0.3, -0.25) is 4.79 Å². The van der Waals surface area contributed by atoms with Crippen LogP contribution >= 0.6 is 0 Å². The lowest BCUT2D eigenvalue weighted by Gasteiger charge is -2.23. The summed E-state index contributed by atoms with van der Waals surface area (Å²) in [6.45, 7) is 3.67. The van der Waals surface area contributed by atoms with Crippen molar-refractivity contribution in [3.8, 4) is 0 Å². The van der Waals surface area contributed by atoms with Crippen LogP contribution in [0.15, 0.2) is 24.3 Å². The van der Waals surface area contributed by atoms with Crippen molar-refractivity contribution in [2.45, 2.75) is 13.8 Å². The molecule has 0 saturated carbocycles. The van der Waals surface area contributed by atoms with Crippen molar-refractivity contribution < 1.29 is 19.1 Å². The third-order valence-electron chi connectivity index (χ3n) is 2.70. The van der Waals surface area contributed by atoms with Gasteiger partial charge in [-0.15, -0.1) is 0 Å². The monoisotopic (exact) mass is 268 g/mol. The molecule has 0 radical (unpaired) electrons. The second kappa shape index (κ2) is 6.72. The van der Waals surface area contributed by atoms with Crippen LogP contribution in [0.3, 0.4) is 0 Å². The molecule has 0 spiro atoms. The minimum absolute atomic E-state index is 0.0755. The smallest absolute Gasteiger partial charge is 0.321 e. The molecule has 19 heavy (non-hydrogen) atoms. The van der Waals surface area contributed by atoms with E-state index in [4.69, 9.17) is 5.11 Å². The standard InChI is InChI=1S/C13H17FN2O3/c1-3-16(8-9(2)12(17)18)13(19)15-11-7-5-4-6-10(11)14/h4-7,9H,3,8H2,1-2H3,(H,15,19)(H,17,18). The zero-order chi connectivity index (χ0) is 14.4. The van der Waals surface area contributed by atoms with Crippen LogP contribution in [0.4, 0.5) is 14.9 Å². The lowest BCUT2D eigenvalue weighted by molar-refractivity contribution is -0.141. The molecule has 0 saturated heterocycles. The molecule has 1 unspecified atom stereocenters. The highest BCUT2D eigenvalue weighted by Gasteiger charge is 2.19. The molecule has 0 bridgehead atoms. The van der Waals surface area contributed by atoms with Crippen LogP contribution in [0.1, 0.15) is 13.8 Å². The molecule has 0 aliphatic carbocycles. The van der Waals surface area contributed by atoms with Gasteiger partial charge in [0.05, 0.1) is 11.6 Å². The first-order valence-electron chi connectivity index (χ1n) is 5.99. The number of amides is 2. The van der Waals surface area contributed by atoms with E-state index in [0.717, 1.165) is 0 Å². The zero-order valence-electron chi connectivity index (χ0n) is 10.9. The predicted molar refractivity (Wildman–Crippen MR) is 69.5 cm³/mol. The van der Waals surface area contributed by atoms with Gasteiger partial charge in [-0.05, 0) is 19.1 Å². The van der Waals surface area contributed by atoms with Crippen molar-refractivity contribution in [3.05, 3.63) is 30.1 Å². The highest BCUT2D eigenvalue weighted by Crippen LogP contribution is 2.13. The van der Waals surface area contributed by atoms with Gasteiger partial charge in [-0.25, -0.2) is 9.18 Å². The summed E-state index contributed by atoms with van der Waals surface area (Å²) in [5.41, 5.74) is 0.0777. The molecule has 2 amide bonds. The fourth-order valence-electron chi connectivity index (χ4n) is 1.52. The average Bonchev–Trinajstić information content (AvgIpc) is 2.38. The highest BCUT2D eigenvalue weighted by atomic mass is 19.1. The summed E-state index contributed by atoms with van der Waals surface area (Å²) in [6, 6.07) is 5.30. The van der Waals surface area contributed by atoms with E-state index in [1.54, 1.807) is 13.0 Å². The van der Waals surface area contributed by atoms with E-state index in [2.05, 4.69) is 5.32 Å². The van der Waals surface area contributed by atoms with E-state index in [1.165, 1.54) is 30.0 Å². The third kappa shape index (κ3) is 4.24. The van der Waals surface area contributed by atoms with Gasteiger partial charge >= 0.3 is 12.0 Å². The second-order valence-electron chi connectivity index (χ2n) is 4.19. The molecule has 1 aromatic rings. The molecule has 2 N–H and O–H groups in total.